The third-order valence-electron chi connectivity index (χ3n) is 9.10. The van der Waals surface area contributed by atoms with Crippen LogP contribution < -0.4 is 10.6 Å². The highest BCUT2D eigenvalue weighted by atomic mass is 32.1. The molecule has 2 aromatic carbocycles. The quantitative estimate of drug-likeness (QED) is 0.114. The number of alkyl halides is 3. The van der Waals surface area contributed by atoms with E-state index in [0.717, 1.165) is 71.9 Å². The fourth-order valence-corrected chi connectivity index (χ4v) is 7.55. The summed E-state index contributed by atoms with van der Waals surface area (Å²) in [5.41, 5.74) is 4.48. The molecule has 1 amide bonds. The molecule has 49 heavy (non-hydrogen) atoms. The van der Waals surface area contributed by atoms with Gasteiger partial charge in [-0.3, -0.25) is 9.69 Å². The standard InChI is InChI=1S/C36H35F4N7OS/c1-4-33(48)44-25-6-7-28(31(37)13-25)21(2)18-47-26(17-41)14-29-22(3)23(5-8-32(29)47)19-46-11-9-24(10-12-46)45-34-30-15-27(16-36(38,39)40)49-35(30)43-20-42-34/h4-8,13-15,20-21,24H,1,9-12,16,18-19H2,2-3H3,(H,44,48)(H,42,43,45). The number of aryl methyl sites for hydroxylation is 1. The molecule has 1 aliphatic heterocycles. The Balaban J connectivity index is 1.11. The van der Waals surface area contributed by atoms with Gasteiger partial charge in [-0.15, -0.1) is 11.3 Å². The molecule has 1 unspecified atom stereocenters. The molecule has 1 atom stereocenters. The van der Waals surface area contributed by atoms with Crippen LogP contribution in [0.25, 0.3) is 21.1 Å². The molecule has 0 bridgehead atoms. The van der Waals surface area contributed by atoms with Gasteiger partial charge in [-0.1, -0.05) is 25.6 Å². The van der Waals surface area contributed by atoms with Crippen LogP contribution in [0.5, 0.6) is 0 Å². The lowest BCUT2D eigenvalue weighted by Crippen LogP contribution is -2.39. The summed E-state index contributed by atoms with van der Waals surface area (Å²) >= 11 is 1.04. The number of rotatable bonds is 10. The monoisotopic (exact) mass is 689 g/mol. The first-order chi connectivity index (χ1) is 23.4. The summed E-state index contributed by atoms with van der Waals surface area (Å²) in [5, 5.41) is 17.6. The van der Waals surface area contributed by atoms with Crippen molar-refractivity contribution in [3.63, 3.8) is 0 Å². The summed E-state index contributed by atoms with van der Waals surface area (Å²) in [6.45, 7) is 10.2. The van der Waals surface area contributed by atoms with Gasteiger partial charge >= 0.3 is 6.18 Å². The van der Waals surface area contributed by atoms with Gasteiger partial charge in [0.1, 0.15) is 34.6 Å². The average Bonchev–Trinajstić information content (AvgIpc) is 3.63. The lowest BCUT2D eigenvalue weighted by atomic mass is 9.99. The van der Waals surface area contributed by atoms with Crippen molar-refractivity contribution in [1.29, 1.82) is 5.26 Å². The normalized spacial score (nSPS) is 15.0. The van der Waals surface area contributed by atoms with Crippen molar-refractivity contribution in [1.82, 2.24) is 19.4 Å². The zero-order chi connectivity index (χ0) is 34.9. The van der Waals surface area contributed by atoms with Crippen LogP contribution in [0.3, 0.4) is 0 Å². The van der Waals surface area contributed by atoms with Gasteiger partial charge < -0.3 is 15.2 Å². The van der Waals surface area contributed by atoms with Crippen LogP contribution in [0, 0.1) is 24.1 Å². The van der Waals surface area contributed by atoms with Gasteiger partial charge in [0, 0.05) is 59.6 Å². The molecule has 0 aliphatic carbocycles. The topological polar surface area (TPSA) is 98.9 Å². The van der Waals surface area contributed by atoms with Crippen molar-refractivity contribution < 1.29 is 22.4 Å². The van der Waals surface area contributed by atoms with Gasteiger partial charge in [-0.25, -0.2) is 14.4 Å². The molecule has 1 saturated heterocycles. The molecule has 3 aromatic heterocycles. The molecule has 1 fully saturated rings. The number of amides is 1. The number of carbonyl (C=O) groups excluding carboxylic acids is 1. The molecule has 0 saturated carbocycles. The van der Waals surface area contributed by atoms with Crippen molar-refractivity contribution in [2.45, 2.75) is 64.3 Å². The summed E-state index contributed by atoms with van der Waals surface area (Å²) in [7, 11) is 0. The number of thiophene rings is 1. The van der Waals surface area contributed by atoms with E-state index >= 15 is 4.39 Å². The predicted octanol–water partition coefficient (Wildman–Crippen LogP) is 8.07. The number of likely N-dealkylation sites (tertiary alicyclic amines) is 1. The molecule has 0 spiro atoms. The summed E-state index contributed by atoms with van der Waals surface area (Å²) in [6, 6.07) is 14.6. The third kappa shape index (κ3) is 7.60. The molecule has 2 N–H and O–H groups in total. The Hall–Kier alpha value is -4.80. The molecule has 1 aliphatic rings. The van der Waals surface area contributed by atoms with Gasteiger partial charge in [0.25, 0.3) is 0 Å². The van der Waals surface area contributed by atoms with E-state index in [2.05, 4.69) is 51.1 Å². The number of halogens is 4. The van der Waals surface area contributed by atoms with E-state index in [1.165, 1.54) is 12.4 Å². The zero-order valence-corrected chi connectivity index (χ0v) is 27.9. The molecule has 13 heteroatoms. The number of carbonyl (C=O) groups is 1. The van der Waals surface area contributed by atoms with E-state index in [1.807, 2.05) is 23.6 Å². The number of fused-ring (bicyclic) bond motifs is 2. The number of nitrogens with one attached hydrogen (secondary N) is 2. The van der Waals surface area contributed by atoms with E-state index < -0.39 is 24.3 Å². The van der Waals surface area contributed by atoms with Gasteiger partial charge in [-0.2, -0.15) is 18.4 Å². The molecule has 8 nitrogen and oxygen atoms in total. The number of piperidine rings is 1. The van der Waals surface area contributed by atoms with Gasteiger partial charge in [0.05, 0.1) is 11.8 Å². The zero-order valence-electron chi connectivity index (χ0n) is 27.1. The second-order valence-corrected chi connectivity index (χ2v) is 13.6. The summed E-state index contributed by atoms with van der Waals surface area (Å²) < 4.78 is 55.8. The average molecular weight is 690 g/mol. The number of nitrogens with zero attached hydrogens (tertiary/aromatic N) is 5. The van der Waals surface area contributed by atoms with Gasteiger partial charge in [-0.05, 0) is 72.9 Å². The number of nitriles is 1. The Labute approximate surface area is 285 Å². The van der Waals surface area contributed by atoms with Gasteiger partial charge in [0.2, 0.25) is 5.91 Å². The molecule has 6 rings (SSSR count). The summed E-state index contributed by atoms with van der Waals surface area (Å²) in [6.07, 6.45) is -1.05. The van der Waals surface area contributed by atoms with E-state index in [1.54, 1.807) is 18.2 Å². The fourth-order valence-electron chi connectivity index (χ4n) is 6.53. The lowest BCUT2D eigenvalue weighted by Gasteiger charge is -2.33. The number of anilines is 2. The van der Waals surface area contributed by atoms with E-state index in [4.69, 9.17) is 0 Å². The smallest absolute Gasteiger partial charge is 0.367 e. The number of hydrogen-bond acceptors (Lipinski definition) is 7. The number of hydrogen-bond donors (Lipinski definition) is 2. The molecule has 254 valence electrons. The minimum absolute atomic E-state index is 0.130. The Kier molecular flexibility index (Phi) is 9.72. The highest BCUT2D eigenvalue weighted by Gasteiger charge is 2.29. The van der Waals surface area contributed by atoms with Crippen LogP contribution in [-0.4, -0.2) is 50.6 Å². The maximum atomic E-state index is 15.1. The molecule has 0 radical (unpaired) electrons. The van der Waals surface area contributed by atoms with Crippen molar-refractivity contribution in [3.05, 3.63) is 94.5 Å². The van der Waals surface area contributed by atoms with Crippen LogP contribution in [0.1, 0.15) is 52.9 Å². The maximum absolute atomic E-state index is 15.1. The van der Waals surface area contributed by atoms with Crippen molar-refractivity contribution in [3.8, 4) is 6.07 Å². The van der Waals surface area contributed by atoms with Gasteiger partial charge in [0.15, 0.2) is 0 Å². The van der Waals surface area contributed by atoms with Crippen LogP contribution in [0.4, 0.5) is 29.1 Å². The van der Waals surface area contributed by atoms with Crippen LogP contribution in [0.15, 0.2) is 61.4 Å². The molecular weight excluding hydrogens is 655 g/mol. The Morgan fingerprint density at radius 3 is 2.63 bits per heavy atom. The lowest BCUT2D eigenvalue weighted by molar-refractivity contribution is -0.126. The van der Waals surface area contributed by atoms with Crippen LogP contribution in [0.2, 0.25) is 0 Å². The Bertz CT molecular complexity index is 2070. The van der Waals surface area contributed by atoms with Crippen molar-refractivity contribution in [2.24, 2.45) is 0 Å². The second-order valence-electron chi connectivity index (χ2n) is 12.5. The molecule has 4 heterocycles. The van der Waals surface area contributed by atoms with Crippen LogP contribution >= 0.6 is 11.3 Å². The van der Waals surface area contributed by atoms with Crippen LogP contribution in [-0.2, 0) is 24.3 Å². The summed E-state index contributed by atoms with van der Waals surface area (Å²) in [4.78, 5) is 23.3. The highest BCUT2D eigenvalue weighted by Crippen LogP contribution is 2.34. The largest absolute Gasteiger partial charge is 0.393 e. The molecule has 5 aromatic rings. The predicted molar refractivity (Wildman–Crippen MR) is 184 cm³/mol. The Morgan fingerprint density at radius 2 is 1.94 bits per heavy atom. The minimum atomic E-state index is -4.28. The number of benzene rings is 2. The summed E-state index contributed by atoms with van der Waals surface area (Å²) in [5.74, 6) is -0.535. The Morgan fingerprint density at radius 1 is 1.16 bits per heavy atom. The number of aromatic nitrogens is 3. The maximum Gasteiger partial charge on any atom is 0.393 e. The molecular formula is C36H35F4N7OS. The van der Waals surface area contributed by atoms with E-state index in [9.17, 15) is 23.2 Å². The van der Waals surface area contributed by atoms with E-state index in [0.29, 0.717) is 39.5 Å². The van der Waals surface area contributed by atoms with Crippen molar-refractivity contribution >= 4 is 49.9 Å². The first kappa shape index (κ1) is 34.1. The first-order valence-electron chi connectivity index (χ1n) is 16.0. The minimum Gasteiger partial charge on any atom is -0.367 e. The van der Waals surface area contributed by atoms with E-state index in [-0.39, 0.29) is 16.8 Å². The second kappa shape index (κ2) is 14.0. The fraction of sp³-hybridized carbons (Fsp3) is 0.333. The van der Waals surface area contributed by atoms with Crippen molar-refractivity contribution in [2.75, 3.05) is 23.7 Å². The third-order valence-corrected chi connectivity index (χ3v) is 10.1. The first-order valence-corrected chi connectivity index (χ1v) is 16.8. The SMILES string of the molecule is C=CC(=O)Nc1ccc(C(C)Cn2c(C#N)cc3c(C)c(CN4CCC(Nc5ncnc6sc(CC(F)(F)F)cc56)CC4)ccc32)c(F)c1. The highest BCUT2D eigenvalue weighted by molar-refractivity contribution is 7.18.